The lowest BCUT2D eigenvalue weighted by atomic mass is 9.95. The molecule has 0 atom stereocenters. The van der Waals surface area contributed by atoms with Gasteiger partial charge in [0.1, 0.15) is 10.8 Å². The molecule has 1 aliphatic carbocycles. The molecule has 0 fully saturated rings. The zero-order valence-electron chi connectivity index (χ0n) is 14.7. The third-order valence-corrected chi connectivity index (χ3v) is 6.95. The Bertz CT molecular complexity index is 900. The van der Waals surface area contributed by atoms with E-state index in [0.717, 1.165) is 36.1 Å². The fourth-order valence-electron chi connectivity index (χ4n) is 2.99. The van der Waals surface area contributed by atoms with E-state index in [1.54, 1.807) is 19.1 Å². The summed E-state index contributed by atoms with van der Waals surface area (Å²) in [4.78, 5) is 13.6. The Morgan fingerprint density at radius 3 is 2.54 bits per heavy atom. The molecule has 0 saturated carbocycles. The normalized spacial score (nSPS) is 13.8. The van der Waals surface area contributed by atoms with Crippen LogP contribution in [0.5, 0.6) is 5.75 Å². The highest BCUT2D eigenvalue weighted by Gasteiger charge is 2.28. The molecule has 1 heterocycles. The van der Waals surface area contributed by atoms with Crippen LogP contribution < -0.4 is 9.46 Å². The lowest BCUT2D eigenvalue weighted by Gasteiger charge is -2.12. The summed E-state index contributed by atoms with van der Waals surface area (Å²) >= 11 is 1.33. The summed E-state index contributed by atoms with van der Waals surface area (Å²) in [5, 5.41) is 0.339. The molecule has 2 aromatic rings. The number of benzene rings is 1. The fourth-order valence-corrected chi connectivity index (χ4v) is 5.58. The molecule has 8 heteroatoms. The highest BCUT2D eigenvalue weighted by atomic mass is 32.2. The van der Waals surface area contributed by atoms with Gasteiger partial charge in [-0.15, -0.1) is 11.3 Å². The third kappa shape index (κ3) is 3.71. The van der Waals surface area contributed by atoms with Gasteiger partial charge in [-0.2, -0.15) is 0 Å². The van der Waals surface area contributed by atoms with E-state index in [2.05, 4.69) is 4.72 Å². The molecule has 0 saturated heterocycles. The van der Waals surface area contributed by atoms with E-state index in [1.165, 1.54) is 30.6 Å². The van der Waals surface area contributed by atoms with Gasteiger partial charge in [-0.05, 0) is 62.4 Å². The molecule has 0 bridgehead atoms. The minimum atomic E-state index is -3.81. The van der Waals surface area contributed by atoms with E-state index in [-0.39, 0.29) is 11.5 Å². The van der Waals surface area contributed by atoms with Crippen molar-refractivity contribution >= 4 is 32.3 Å². The number of hydrogen-bond donors (Lipinski definition) is 1. The molecule has 0 unspecified atom stereocenters. The van der Waals surface area contributed by atoms with Gasteiger partial charge in [-0.3, -0.25) is 4.72 Å². The Morgan fingerprint density at radius 2 is 1.88 bits per heavy atom. The molecule has 26 heavy (non-hydrogen) atoms. The second-order valence-corrected chi connectivity index (χ2v) is 8.70. The van der Waals surface area contributed by atoms with Crippen LogP contribution in [0.1, 0.15) is 40.6 Å². The molecule has 0 radical (unpaired) electrons. The summed E-state index contributed by atoms with van der Waals surface area (Å²) in [6.45, 7) is 1.98. The summed E-state index contributed by atoms with van der Waals surface area (Å²) in [5.41, 5.74) is 1.29. The molecule has 1 aliphatic rings. The zero-order chi connectivity index (χ0) is 18.7. The van der Waals surface area contributed by atoms with Crippen molar-refractivity contribution in [1.29, 1.82) is 0 Å². The highest BCUT2D eigenvalue weighted by Crippen LogP contribution is 2.39. The first kappa shape index (κ1) is 18.7. The van der Waals surface area contributed by atoms with Crippen molar-refractivity contribution in [3.63, 3.8) is 0 Å². The number of nitrogens with one attached hydrogen (secondary N) is 1. The first-order valence-electron chi connectivity index (χ1n) is 8.44. The van der Waals surface area contributed by atoms with Crippen LogP contribution >= 0.6 is 11.3 Å². The fraction of sp³-hybridized carbons (Fsp3) is 0.389. The molecule has 1 aromatic carbocycles. The number of thiophene rings is 1. The summed E-state index contributed by atoms with van der Waals surface area (Å²) < 4.78 is 38.3. The van der Waals surface area contributed by atoms with Gasteiger partial charge in [0, 0.05) is 4.88 Å². The lowest BCUT2D eigenvalue weighted by Crippen LogP contribution is -2.16. The second kappa shape index (κ2) is 7.67. The van der Waals surface area contributed by atoms with Gasteiger partial charge in [0.15, 0.2) is 0 Å². The number of esters is 1. The van der Waals surface area contributed by atoms with E-state index in [0.29, 0.717) is 16.3 Å². The van der Waals surface area contributed by atoms with Gasteiger partial charge in [0.2, 0.25) is 0 Å². The van der Waals surface area contributed by atoms with Gasteiger partial charge >= 0.3 is 5.97 Å². The second-order valence-electron chi connectivity index (χ2n) is 5.92. The van der Waals surface area contributed by atoms with Crippen LogP contribution in [0.15, 0.2) is 29.2 Å². The van der Waals surface area contributed by atoms with E-state index in [1.807, 2.05) is 0 Å². The average molecular weight is 396 g/mol. The van der Waals surface area contributed by atoms with Gasteiger partial charge in [-0.1, -0.05) is 0 Å². The Hall–Kier alpha value is -2.06. The third-order valence-electron chi connectivity index (χ3n) is 4.25. The zero-order valence-corrected chi connectivity index (χ0v) is 16.3. The predicted molar refractivity (Wildman–Crippen MR) is 101 cm³/mol. The summed E-state index contributed by atoms with van der Waals surface area (Å²) in [6, 6.07) is 6.11. The first-order chi connectivity index (χ1) is 12.5. The number of ether oxygens (including phenoxy) is 2. The van der Waals surface area contributed by atoms with Crippen LogP contribution in [-0.4, -0.2) is 28.1 Å². The Balaban J connectivity index is 1.97. The summed E-state index contributed by atoms with van der Waals surface area (Å²) in [7, 11) is -2.29. The highest BCUT2D eigenvalue weighted by molar-refractivity contribution is 7.93. The molecule has 1 aromatic heterocycles. The Kier molecular flexibility index (Phi) is 5.52. The van der Waals surface area contributed by atoms with Crippen molar-refractivity contribution in [1.82, 2.24) is 0 Å². The first-order valence-corrected chi connectivity index (χ1v) is 10.7. The summed E-state index contributed by atoms with van der Waals surface area (Å²) in [6.07, 6.45) is 3.65. The van der Waals surface area contributed by atoms with E-state index in [9.17, 15) is 13.2 Å². The van der Waals surface area contributed by atoms with Gasteiger partial charge in [-0.25, -0.2) is 13.2 Å². The van der Waals surface area contributed by atoms with Crippen LogP contribution in [-0.2, 0) is 27.6 Å². The monoisotopic (exact) mass is 395 g/mol. The maximum atomic E-state index is 12.7. The number of rotatable bonds is 6. The Morgan fingerprint density at radius 1 is 1.19 bits per heavy atom. The Labute approximate surface area is 157 Å². The number of hydrogen-bond acceptors (Lipinski definition) is 6. The molecule has 1 N–H and O–H groups in total. The number of anilines is 1. The van der Waals surface area contributed by atoms with Crippen molar-refractivity contribution in [3.05, 3.63) is 40.3 Å². The standard InChI is InChI=1S/C18H21NO5S2/c1-3-24-18(20)16-14-6-4-5-7-15(14)25-17(16)19-26(21,22)13-10-8-12(23-2)9-11-13/h8-11,19H,3-7H2,1-2H3. The molecule has 0 aliphatic heterocycles. The number of sulfonamides is 1. The number of carbonyl (C=O) groups excluding carboxylic acids is 1. The van der Waals surface area contributed by atoms with Gasteiger partial charge in [0.05, 0.1) is 24.2 Å². The van der Waals surface area contributed by atoms with Crippen molar-refractivity contribution in [2.75, 3.05) is 18.4 Å². The smallest absolute Gasteiger partial charge is 0.341 e. The molecule has 140 valence electrons. The van der Waals surface area contributed by atoms with Crippen LogP contribution in [0.25, 0.3) is 0 Å². The molecular weight excluding hydrogens is 374 g/mol. The SMILES string of the molecule is CCOC(=O)c1c(NS(=O)(=O)c2ccc(OC)cc2)sc2c1CCCC2. The summed E-state index contributed by atoms with van der Waals surface area (Å²) in [5.74, 6) is 0.0991. The van der Waals surface area contributed by atoms with E-state index in [4.69, 9.17) is 9.47 Å². The van der Waals surface area contributed by atoms with Crippen molar-refractivity contribution in [2.24, 2.45) is 0 Å². The number of carbonyl (C=O) groups is 1. The largest absolute Gasteiger partial charge is 0.497 e. The van der Waals surface area contributed by atoms with Crippen LogP contribution in [0.4, 0.5) is 5.00 Å². The topological polar surface area (TPSA) is 81.7 Å². The average Bonchev–Trinajstić information content (AvgIpc) is 2.99. The minimum Gasteiger partial charge on any atom is -0.497 e. The quantitative estimate of drug-likeness (QED) is 0.756. The number of methoxy groups -OCH3 is 1. The molecule has 0 spiro atoms. The predicted octanol–water partition coefficient (Wildman–Crippen LogP) is 3.61. The van der Waals surface area contributed by atoms with Crippen LogP contribution in [0.2, 0.25) is 0 Å². The molecule has 6 nitrogen and oxygen atoms in total. The minimum absolute atomic E-state index is 0.111. The number of fused-ring (bicyclic) bond motifs is 1. The number of aryl methyl sites for hydroxylation is 1. The van der Waals surface area contributed by atoms with Crippen molar-refractivity contribution in [3.8, 4) is 5.75 Å². The van der Waals surface area contributed by atoms with Crippen molar-refractivity contribution in [2.45, 2.75) is 37.5 Å². The maximum Gasteiger partial charge on any atom is 0.341 e. The molecule has 3 rings (SSSR count). The van der Waals surface area contributed by atoms with Gasteiger partial charge < -0.3 is 9.47 Å². The van der Waals surface area contributed by atoms with E-state index >= 15 is 0 Å². The van der Waals surface area contributed by atoms with Gasteiger partial charge in [0.25, 0.3) is 10.0 Å². The maximum absolute atomic E-state index is 12.7. The van der Waals surface area contributed by atoms with Crippen LogP contribution in [0.3, 0.4) is 0 Å². The van der Waals surface area contributed by atoms with E-state index < -0.39 is 16.0 Å². The lowest BCUT2D eigenvalue weighted by molar-refractivity contribution is 0.0526. The molecular formula is C18H21NO5S2. The van der Waals surface area contributed by atoms with Crippen molar-refractivity contribution < 1.29 is 22.7 Å². The molecule has 0 amide bonds. The van der Waals surface area contributed by atoms with Crippen LogP contribution in [0, 0.1) is 0 Å².